The van der Waals surface area contributed by atoms with Crippen LogP contribution < -0.4 is 4.90 Å². The normalized spacial score (nSPS) is 24.7. The maximum absolute atomic E-state index is 2.65. The molecule has 1 aromatic rings. The first-order chi connectivity index (χ1) is 12.3. The lowest BCUT2D eigenvalue weighted by atomic mass is 9.68. The molecule has 1 saturated heterocycles. The Morgan fingerprint density at radius 3 is 2.07 bits per heavy atom. The molecule has 1 aliphatic heterocycles. The van der Waals surface area contributed by atoms with Crippen LogP contribution in [0.25, 0.3) is 0 Å². The third-order valence-corrected chi connectivity index (χ3v) is 6.66. The Morgan fingerprint density at radius 1 is 0.926 bits per heavy atom. The molecule has 1 aliphatic carbocycles. The largest absolute Gasteiger partial charge is 0.369 e. The maximum Gasteiger partial charge on any atom is 0.0402 e. The highest BCUT2D eigenvalue weighted by atomic mass is 35.5. The van der Waals surface area contributed by atoms with Crippen LogP contribution in [0.1, 0.15) is 71.8 Å². The molecule has 0 bridgehead atoms. The molecule has 27 heavy (non-hydrogen) atoms. The van der Waals surface area contributed by atoms with E-state index in [1.165, 1.54) is 64.1 Å². The quantitative estimate of drug-likeness (QED) is 0.601. The third-order valence-electron chi connectivity index (χ3n) is 6.66. The maximum atomic E-state index is 2.65. The molecule has 0 spiro atoms. The number of benzene rings is 1. The van der Waals surface area contributed by atoms with Gasteiger partial charge in [0.05, 0.1) is 0 Å². The summed E-state index contributed by atoms with van der Waals surface area (Å²) in [4.78, 5) is 5.29. The summed E-state index contributed by atoms with van der Waals surface area (Å²) in [5.74, 6) is 2.43. The van der Waals surface area contributed by atoms with Crippen molar-refractivity contribution in [3.8, 4) is 0 Å². The molecule has 2 nitrogen and oxygen atoms in total. The zero-order chi connectivity index (χ0) is 18.7. The van der Waals surface area contributed by atoms with Gasteiger partial charge in [0, 0.05) is 38.4 Å². The van der Waals surface area contributed by atoms with Crippen LogP contribution in [-0.2, 0) is 0 Å². The van der Waals surface area contributed by atoms with E-state index >= 15 is 0 Å². The van der Waals surface area contributed by atoms with Crippen LogP contribution in [0.4, 0.5) is 5.69 Å². The first-order valence-corrected chi connectivity index (χ1v) is 10.9. The molecule has 0 N–H and O–H groups in total. The van der Waals surface area contributed by atoms with Gasteiger partial charge in [-0.1, -0.05) is 52.8 Å². The van der Waals surface area contributed by atoms with Gasteiger partial charge in [0.2, 0.25) is 0 Å². The van der Waals surface area contributed by atoms with Gasteiger partial charge in [-0.25, -0.2) is 0 Å². The van der Waals surface area contributed by atoms with E-state index in [1.807, 2.05) is 0 Å². The van der Waals surface area contributed by atoms with Crippen molar-refractivity contribution < 1.29 is 0 Å². The molecular weight excluding hydrogens is 352 g/mol. The lowest BCUT2D eigenvalue weighted by Crippen LogP contribution is -2.47. The molecule has 0 unspecified atom stereocenters. The van der Waals surface area contributed by atoms with Crippen molar-refractivity contribution in [1.29, 1.82) is 0 Å². The van der Waals surface area contributed by atoms with Gasteiger partial charge in [-0.2, -0.15) is 0 Å². The van der Waals surface area contributed by atoms with Crippen molar-refractivity contribution in [2.75, 3.05) is 37.6 Å². The predicted octanol–water partition coefficient (Wildman–Crippen LogP) is 6.21. The van der Waals surface area contributed by atoms with Crippen LogP contribution in [0.2, 0.25) is 0 Å². The van der Waals surface area contributed by atoms with Crippen molar-refractivity contribution in [2.24, 2.45) is 17.3 Å². The van der Waals surface area contributed by atoms with Gasteiger partial charge in [-0.15, -0.1) is 12.4 Å². The summed E-state index contributed by atoms with van der Waals surface area (Å²) in [6, 6.07) is 9.28. The van der Waals surface area contributed by atoms with E-state index in [4.69, 9.17) is 0 Å². The van der Waals surface area contributed by atoms with Gasteiger partial charge in [0.1, 0.15) is 0 Å². The Morgan fingerprint density at radius 2 is 1.52 bits per heavy atom. The number of anilines is 1. The summed E-state index contributed by atoms with van der Waals surface area (Å²) in [6.07, 6.45) is 5.52. The van der Waals surface area contributed by atoms with Gasteiger partial charge < -0.3 is 4.90 Å². The highest BCUT2D eigenvalue weighted by Crippen LogP contribution is 2.45. The minimum atomic E-state index is 0. The minimum absolute atomic E-state index is 0. The number of hydrogen-bond donors (Lipinski definition) is 0. The number of rotatable bonds is 4. The number of hydrogen-bond acceptors (Lipinski definition) is 2. The fraction of sp³-hybridized carbons (Fsp3) is 0.750. The molecule has 1 saturated carbocycles. The second kappa shape index (κ2) is 9.65. The number of piperazine rings is 1. The van der Waals surface area contributed by atoms with Crippen molar-refractivity contribution in [2.45, 2.75) is 66.2 Å². The van der Waals surface area contributed by atoms with E-state index < -0.39 is 0 Å². The second-order valence-corrected chi connectivity index (χ2v) is 10.2. The van der Waals surface area contributed by atoms with E-state index in [2.05, 4.69) is 68.7 Å². The molecule has 0 aromatic heterocycles. The molecule has 154 valence electrons. The Bertz CT molecular complexity index is 562. The van der Waals surface area contributed by atoms with E-state index in [9.17, 15) is 0 Å². The summed E-state index contributed by atoms with van der Waals surface area (Å²) in [7, 11) is 0. The molecule has 0 amide bonds. The van der Waals surface area contributed by atoms with Gasteiger partial charge >= 0.3 is 0 Å². The summed E-state index contributed by atoms with van der Waals surface area (Å²) in [6.45, 7) is 17.9. The zero-order valence-electron chi connectivity index (χ0n) is 18.2. The summed E-state index contributed by atoms with van der Waals surface area (Å²) in [5, 5.41) is 0. The molecular formula is C24H41ClN2. The third kappa shape index (κ3) is 5.87. The molecule has 1 aromatic carbocycles. The van der Waals surface area contributed by atoms with Crippen molar-refractivity contribution >= 4 is 18.1 Å². The first kappa shape index (κ1) is 22.6. The highest BCUT2D eigenvalue weighted by Gasteiger charge is 2.31. The van der Waals surface area contributed by atoms with E-state index in [1.54, 1.807) is 5.56 Å². The fourth-order valence-corrected chi connectivity index (χ4v) is 5.08. The smallest absolute Gasteiger partial charge is 0.0402 e. The Kier molecular flexibility index (Phi) is 8.06. The number of para-hydroxylation sites is 1. The zero-order valence-corrected chi connectivity index (χ0v) is 19.0. The van der Waals surface area contributed by atoms with E-state index in [0.29, 0.717) is 5.41 Å². The average molecular weight is 393 g/mol. The minimum Gasteiger partial charge on any atom is -0.369 e. The van der Waals surface area contributed by atoms with Crippen LogP contribution in [0.5, 0.6) is 0 Å². The summed E-state index contributed by atoms with van der Waals surface area (Å²) in [5.41, 5.74) is 3.62. The average Bonchev–Trinajstić information content (AvgIpc) is 2.61. The molecule has 3 heteroatoms. The molecule has 2 aliphatic rings. The Labute approximate surface area is 174 Å². The number of halogens is 1. The van der Waals surface area contributed by atoms with E-state index in [0.717, 1.165) is 17.8 Å². The van der Waals surface area contributed by atoms with Gasteiger partial charge in [-0.05, 0) is 60.5 Å². The van der Waals surface area contributed by atoms with Gasteiger partial charge in [0.25, 0.3) is 0 Å². The predicted molar refractivity (Wildman–Crippen MR) is 121 cm³/mol. The van der Waals surface area contributed by atoms with Crippen molar-refractivity contribution in [3.05, 3.63) is 29.8 Å². The van der Waals surface area contributed by atoms with Gasteiger partial charge in [0.15, 0.2) is 0 Å². The van der Waals surface area contributed by atoms with Gasteiger partial charge in [-0.3, -0.25) is 4.90 Å². The standard InChI is InChI=1S/C24H40N2.ClH/c1-19(2)18-25-14-16-26(17-15-25)23-9-7-6-8-22(23)20-10-12-21(13-11-20)24(3,4)5;/h6-9,19-21H,10-18H2,1-5H3;1H. The lowest BCUT2D eigenvalue weighted by molar-refractivity contribution is 0.169. The summed E-state index contributed by atoms with van der Waals surface area (Å²) < 4.78 is 0. The first-order valence-electron chi connectivity index (χ1n) is 10.9. The Hall–Kier alpha value is -0.730. The molecule has 1 heterocycles. The monoisotopic (exact) mass is 392 g/mol. The van der Waals surface area contributed by atoms with Crippen LogP contribution in [0, 0.1) is 17.3 Å². The summed E-state index contributed by atoms with van der Waals surface area (Å²) >= 11 is 0. The molecule has 0 radical (unpaired) electrons. The highest BCUT2D eigenvalue weighted by molar-refractivity contribution is 5.85. The van der Waals surface area contributed by atoms with Crippen LogP contribution in [0.15, 0.2) is 24.3 Å². The van der Waals surface area contributed by atoms with Crippen molar-refractivity contribution in [3.63, 3.8) is 0 Å². The molecule has 2 fully saturated rings. The fourth-order valence-electron chi connectivity index (χ4n) is 5.08. The van der Waals surface area contributed by atoms with Crippen LogP contribution in [-0.4, -0.2) is 37.6 Å². The number of nitrogens with zero attached hydrogens (tertiary/aromatic N) is 2. The molecule has 0 atom stereocenters. The molecule has 3 rings (SSSR count). The SMILES string of the molecule is CC(C)CN1CCN(c2ccccc2C2CCC(C(C)(C)C)CC2)CC1.Cl. The van der Waals surface area contributed by atoms with Crippen LogP contribution in [0.3, 0.4) is 0 Å². The van der Waals surface area contributed by atoms with E-state index in [-0.39, 0.29) is 12.4 Å². The van der Waals surface area contributed by atoms with Crippen molar-refractivity contribution in [1.82, 2.24) is 4.90 Å². The van der Waals surface area contributed by atoms with Crippen LogP contribution >= 0.6 is 12.4 Å². The second-order valence-electron chi connectivity index (χ2n) is 10.2. The Balaban J connectivity index is 0.00000261. The lowest BCUT2D eigenvalue weighted by Gasteiger charge is -2.40. The topological polar surface area (TPSA) is 6.48 Å².